The molecule has 3 nitrogen and oxygen atoms in total. The van der Waals surface area contributed by atoms with Crippen LogP contribution in [0.5, 0.6) is 0 Å². The summed E-state index contributed by atoms with van der Waals surface area (Å²) in [6.07, 6.45) is 2.25. The van der Waals surface area contributed by atoms with E-state index in [-0.39, 0.29) is 0 Å². The van der Waals surface area contributed by atoms with E-state index in [0.717, 1.165) is 35.6 Å². The SMILES string of the molecule is CC(C)c1nsc(C(=O)O)c1C1CC1. The lowest BCUT2D eigenvalue weighted by atomic mass is 10.0. The van der Waals surface area contributed by atoms with Crippen LogP contribution >= 0.6 is 11.5 Å². The zero-order valence-electron chi connectivity index (χ0n) is 8.28. The van der Waals surface area contributed by atoms with Crippen LogP contribution in [0.3, 0.4) is 0 Å². The molecule has 1 aromatic rings. The number of hydrogen-bond acceptors (Lipinski definition) is 3. The second-order valence-electron chi connectivity index (χ2n) is 4.04. The van der Waals surface area contributed by atoms with E-state index in [9.17, 15) is 4.79 Å². The first-order chi connectivity index (χ1) is 6.61. The molecule has 0 aliphatic heterocycles. The van der Waals surface area contributed by atoms with E-state index in [1.165, 1.54) is 0 Å². The van der Waals surface area contributed by atoms with E-state index in [0.29, 0.717) is 16.7 Å². The Kier molecular flexibility index (Phi) is 2.31. The molecule has 0 aromatic carbocycles. The normalized spacial score (nSPS) is 16.2. The first-order valence-corrected chi connectivity index (χ1v) is 5.61. The molecular weight excluding hydrogens is 198 g/mol. The lowest BCUT2D eigenvalue weighted by molar-refractivity contribution is 0.0701. The number of nitrogens with zero attached hydrogens (tertiary/aromatic N) is 1. The minimum atomic E-state index is -0.823. The van der Waals surface area contributed by atoms with Gasteiger partial charge in [0.25, 0.3) is 0 Å². The standard InChI is InChI=1S/C10H13NO2S/c1-5(2)8-7(6-3-4-6)9(10(12)13)14-11-8/h5-6H,3-4H2,1-2H3,(H,12,13). The summed E-state index contributed by atoms with van der Waals surface area (Å²) < 4.78 is 4.26. The highest BCUT2D eigenvalue weighted by atomic mass is 32.1. The van der Waals surface area contributed by atoms with Crippen LogP contribution in [0, 0.1) is 0 Å². The van der Waals surface area contributed by atoms with Crippen LogP contribution in [0.15, 0.2) is 0 Å². The number of carboxylic acid groups (broad SMARTS) is 1. The van der Waals surface area contributed by atoms with Gasteiger partial charge in [0.15, 0.2) is 0 Å². The summed E-state index contributed by atoms with van der Waals surface area (Å²) >= 11 is 1.13. The molecule has 2 rings (SSSR count). The third kappa shape index (κ3) is 1.54. The van der Waals surface area contributed by atoms with Crippen molar-refractivity contribution >= 4 is 17.5 Å². The summed E-state index contributed by atoms with van der Waals surface area (Å²) in [4.78, 5) is 11.4. The number of hydrogen-bond donors (Lipinski definition) is 1. The summed E-state index contributed by atoms with van der Waals surface area (Å²) in [6.45, 7) is 4.12. The van der Waals surface area contributed by atoms with E-state index in [1.54, 1.807) is 0 Å². The van der Waals surface area contributed by atoms with Crippen molar-refractivity contribution in [2.24, 2.45) is 0 Å². The molecule has 0 amide bonds. The van der Waals surface area contributed by atoms with Crippen molar-refractivity contribution in [3.8, 4) is 0 Å². The monoisotopic (exact) mass is 211 g/mol. The molecule has 0 atom stereocenters. The Morgan fingerprint density at radius 1 is 1.57 bits per heavy atom. The van der Waals surface area contributed by atoms with Gasteiger partial charge >= 0.3 is 5.97 Å². The van der Waals surface area contributed by atoms with E-state index in [1.807, 2.05) is 0 Å². The molecule has 1 N–H and O–H groups in total. The molecule has 76 valence electrons. The summed E-state index contributed by atoms with van der Waals surface area (Å²) in [6, 6.07) is 0. The van der Waals surface area contributed by atoms with Crippen LogP contribution in [-0.2, 0) is 0 Å². The van der Waals surface area contributed by atoms with Gasteiger partial charge in [0.05, 0.1) is 5.69 Å². The summed E-state index contributed by atoms with van der Waals surface area (Å²) in [5.41, 5.74) is 2.01. The number of carbonyl (C=O) groups is 1. The molecule has 14 heavy (non-hydrogen) atoms. The minimum absolute atomic E-state index is 0.329. The van der Waals surface area contributed by atoms with Gasteiger partial charge in [0.1, 0.15) is 4.88 Å². The molecule has 4 heteroatoms. The molecular formula is C10H13NO2S. The number of rotatable bonds is 3. The molecule has 1 aliphatic carbocycles. The van der Waals surface area contributed by atoms with E-state index < -0.39 is 5.97 Å². The Hall–Kier alpha value is -0.900. The predicted octanol–water partition coefficient (Wildman–Crippen LogP) is 2.84. The zero-order chi connectivity index (χ0) is 10.3. The van der Waals surface area contributed by atoms with Crippen LogP contribution in [0.2, 0.25) is 0 Å². The Labute approximate surface area is 86.9 Å². The van der Waals surface area contributed by atoms with Crippen molar-refractivity contribution in [1.82, 2.24) is 4.37 Å². The van der Waals surface area contributed by atoms with Crippen molar-refractivity contribution in [2.75, 3.05) is 0 Å². The largest absolute Gasteiger partial charge is 0.477 e. The van der Waals surface area contributed by atoms with Gasteiger partial charge in [0, 0.05) is 5.56 Å². The van der Waals surface area contributed by atoms with E-state index in [4.69, 9.17) is 5.11 Å². The topological polar surface area (TPSA) is 50.2 Å². The number of aromatic nitrogens is 1. The second-order valence-corrected chi connectivity index (χ2v) is 4.82. The maximum absolute atomic E-state index is 11.0. The third-order valence-corrected chi connectivity index (χ3v) is 3.35. The number of aromatic carboxylic acids is 1. The van der Waals surface area contributed by atoms with Crippen molar-refractivity contribution in [1.29, 1.82) is 0 Å². The van der Waals surface area contributed by atoms with Crippen LogP contribution in [0.25, 0.3) is 0 Å². The lowest BCUT2D eigenvalue weighted by Gasteiger charge is -2.04. The first-order valence-electron chi connectivity index (χ1n) is 4.84. The molecule has 0 bridgehead atoms. The highest BCUT2D eigenvalue weighted by molar-refractivity contribution is 7.08. The highest BCUT2D eigenvalue weighted by Crippen LogP contribution is 2.45. The average Bonchev–Trinajstić information content (AvgIpc) is 2.83. The molecule has 1 aromatic heterocycles. The van der Waals surface area contributed by atoms with Gasteiger partial charge < -0.3 is 5.11 Å². The quantitative estimate of drug-likeness (QED) is 0.836. The van der Waals surface area contributed by atoms with Crippen molar-refractivity contribution < 1.29 is 9.90 Å². The van der Waals surface area contributed by atoms with Gasteiger partial charge in [-0.2, -0.15) is 4.37 Å². The fraction of sp³-hybridized carbons (Fsp3) is 0.600. The Morgan fingerprint density at radius 2 is 2.21 bits per heavy atom. The van der Waals surface area contributed by atoms with Crippen LogP contribution < -0.4 is 0 Å². The van der Waals surface area contributed by atoms with Gasteiger partial charge in [-0.25, -0.2) is 4.79 Å². The Bertz CT molecular complexity index is 366. The summed E-state index contributed by atoms with van der Waals surface area (Å²) in [5, 5.41) is 9.01. The van der Waals surface area contributed by atoms with Crippen LogP contribution in [0.4, 0.5) is 0 Å². The molecule has 1 fully saturated rings. The van der Waals surface area contributed by atoms with E-state index in [2.05, 4.69) is 18.2 Å². The maximum Gasteiger partial charge on any atom is 0.347 e. The van der Waals surface area contributed by atoms with Gasteiger partial charge in [-0.05, 0) is 36.2 Å². The molecule has 0 unspecified atom stereocenters. The van der Waals surface area contributed by atoms with Crippen molar-refractivity contribution in [3.63, 3.8) is 0 Å². The van der Waals surface area contributed by atoms with Gasteiger partial charge in [-0.1, -0.05) is 13.8 Å². The second kappa shape index (κ2) is 3.35. The summed E-state index contributed by atoms with van der Waals surface area (Å²) in [5.74, 6) is -0.0245. The van der Waals surface area contributed by atoms with Gasteiger partial charge in [-0.3, -0.25) is 0 Å². The predicted molar refractivity (Wildman–Crippen MR) is 55.1 cm³/mol. The third-order valence-electron chi connectivity index (χ3n) is 2.48. The molecule has 1 heterocycles. The molecule has 1 saturated carbocycles. The smallest absolute Gasteiger partial charge is 0.347 e. The molecule has 1 aliphatic rings. The molecule has 0 spiro atoms. The Morgan fingerprint density at radius 3 is 2.64 bits per heavy atom. The van der Waals surface area contributed by atoms with Crippen LogP contribution in [-0.4, -0.2) is 15.4 Å². The number of carboxylic acids is 1. The van der Waals surface area contributed by atoms with E-state index >= 15 is 0 Å². The fourth-order valence-corrected chi connectivity index (χ4v) is 2.59. The van der Waals surface area contributed by atoms with Crippen molar-refractivity contribution in [2.45, 2.75) is 38.5 Å². The highest BCUT2D eigenvalue weighted by Gasteiger charge is 2.33. The minimum Gasteiger partial charge on any atom is -0.477 e. The zero-order valence-corrected chi connectivity index (χ0v) is 9.10. The molecule has 0 radical (unpaired) electrons. The van der Waals surface area contributed by atoms with Gasteiger partial charge in [-0.15, -0.1) is 0 Å². The van der Waals surface area contributed by atoms with Crippen molar-refractivity contribution in [3.05, 3.63) is 16.1 Å². The average molecular weight is 211 g/mol. The lowest BCUT2D eigenvalue weighted by Crippen LogP contribution is -2.00. The molecule has 0 saturated heterocycles. The van der Waals surface area contributed by atoms with Crippen LogP contribution in [0.1, 0.15) is 59.5 Å². The maximum atomic E-state index is 11.0. The Balaban J connectivity index is 2.46. The summed E-state index contributed by atoms with van der Waals surface area (Å²) in [7, 11) is 0. The fourth-order valence-electron chi connectivity index (χ4n) is 1.65. The van der Waals surface area contributed by atoms with Gasteiger partial charge in [0.2, 0.25) is 0 Å². The first kappa shape index (κ1) is 9.65.